The van der Waals surface area contributed by atoms with Gasteiger partial charge in [-0.2, -0.15) is 0 Å². The molecule has 184 valence electrons. The summed E-state index contributed by atoms with van der Waals surface area (Å²) in [7, 11) is 3.19. The van der Waals surface area contributed by atoms with Gasteiger partial charge in [-0.15, -0.1) is 0 Å². The topological polar surface area (TPSA) is 77.5 Å². The first-order chi connectivity index (χ1) is 15.3. The average molecular weight is 463 g/mol. The number of methoxy groups -OCH3 is 2. The molecule has 0 radical (unpaired) electrons. The third-order valence-electron chi connectivity index (χ3n) is 4.89. The zero-order chi connectivity index (χ0) is 24.8. The average Bonchev–Trinajstić information content (AvgIpc) is 2.71. The van der Waals surface area contributed by atoms with Gasteiger partial charge in [0.1, 0.15) is 11.2 Å². The van der Waals surface area contributed by atoms with Gasteiger partial charge in [0.05, 0.1) is 20.3 Å². The third kappa shape index (κ3) is 8.18. The van der Waals surface area contributed by atoms with Crippen molar-refractivity contribution in [2.45, 2.75) is 65.2 Å². The van der Waals surface area contributed by atoms with Crippen molar-refractivity contribution >= 4 is 18.3 Å². The number of benzene rings is 1. The monoisotopic (exact) mass is 462 g/mol. The van der Waals surface area contributed by atoms with Crippen LogP contribution < -0.4 is 9.47 Å². The van der Waals surface area contributed by atoms with Gasteiger partial charge in [0.25, 0.3) is 0 Å². The van der Waals surface area contributed by atoms with Gasteiger partial charge in [0.15, 0.2) is 11.5 Å². The van der Waals surface area contributed by atoms with Crippen LogP contribution in [0.3, 0.4) is 0 Å². The number of rotatable bonds is 5. The number of nitrogens with zero attached hydrogens (tertiary/aromatic N) is 2. The molecule has 1 aromatic carbocycles. The molecule has 8 nitrogen and oxygen atoms in total. The minimum absolute atomic E-state index is 0.238. The van der Waals surface area contributed by atoms with Crippen molar-refractivity contribution in [3.63, 3.8) is 0 Å². The van der Waals surface area contributed by atoms with Crippen molar-refractivity contribution in [1.29, 1.82) is 0 Å². The van der Waals surface area contributed by atoms with Gasteiger partial charge < -0.3 is 28.7 Å². The van der Waals surface area contributed by atoms with Crippen LogP contribution in [0, 0.1) is 0 Å². The van der Waals surface area contributed by atoms with Crippen molar-refractivity contribution in [2.75, 3.05) is 33.9 Å². The third-order valence-corrected chi connectivity index (χ3v) is 4.89. The molecule has 1 aliphatic heterocycles. The van der Waals surface area contributed by atoms with Crippen LogP contribution >= 0.6 is 0 Å². The van der Waals surface area contributed by atoms with Gasteiger partial charge in [0, 0.05) is 19.6 Å². The minimum Gasteiger partial charge on any atom is -0.493 e. The SMILES string of the molecule is COc1ccc(C=CCC2CN(C(=O)OC(C)(C)C)CCN2C(=O)OC(C)(C)C)cc1OC. The van der Waals surface area contributed by atoms with Gasteiger partial charge >= 0.3 is 12.2 Å². The number of piperazine rings is 1. The molecule has 1 heterocycles. The Morgan fingerprint density at radius 1 is 0.939 bits per heavy atom. The van der Waals surface area contributed by atoms with Gasteiger partial charge in [-0.25, -0.2) is 9.59 Å². The van der Waals surface area contributed by atoms with Crippen LogP contribution in [0.25, 0.3) is 6.08 Å². The van der Waals surface area contributed by atoms with E-state index in [1.165, 1.54) is 0 Å². The van der Waals surface area contributed by atoms with Crippen molar-refractivity contribution in [3.05, 3.63) is 29.8 Å². The molecule has 1 fully saturated rings. The van der Waals surface area contributed by atoms with E-state index >= 15 is 0 Å². The Hall–Kier alpha value is -2.90. The smallest absolute Gasteiger partial charge is 0.410 e. The minimum atomic E-state index is -0.598. The summed E-state index contributed by atoms with van der Waals surface area (Å²) >= 11 is 0. The number of hydrogen-bond acceptors (Lipinski definition) is 6. The quantitative estimate of drug-likeness (QED) is 0.615. The summed E-state index contributed by atoms with van der Waals surface area (Å²) in [4.78, 5) is 28.8. The number of carbonyl (C=O) groups is 2. The molecule has 33 heavy (non-hydrogen) atoms. The molecule has 0 spiro atoms. The molecule has 0 aliphatic carbocycles. The number of carbonyl (C=O) groups excluding carboxylic acids is 2. The molecule has 1 unspecified atom stereocenters. The molecular weight excluding hydrogens is 424 g/mol. The van der Waals surface area contributed by atoms with Crippen molar-refractivity contribution < 1.29 is 28.5 Å². The lowest BCUT2D eigenvalue weighted by molar-refractivity contribution is -0.0142. The first-order valence-corrected chi connectivity index (χ1v) is 11.2. The molecule has 1 saturated heterocycles. The van der Waals surface area contributed by atoms with Gasteiger partial charge in [-0.05, 0) is 65.7 Å². The molecule has 0 bridgehead atoms. The normalized spacial score (nSPS) is 17.2. The van der Waals surface area contributed by atoms with E-state index in [-0.39, 0.29) is 18.2 Å². The second-order valence-corrected chi connectivity index (χ2v) is 10.0. The van der Waals surface area contributed by atoms with Gasteiger partial charge in [-0.3, -0.25) is 0 Å². The predicted molar refractivity (Wildman–Crippen MR) is 128 cm³/mol. The first kappa shape index (κ1) is 26.4. The van der Waals surface area contributed by atoms with Crippen LogP contribution in [-0.4, -0.2) is 73.1 Å². The van der Waals surface area contributed by atoms with Crippen molar-refractivity contribution in [2.24, 2.45) is 0 Å². The largest absolute Gasteiger partial charge is 0.493 e. The van der Waals surface area contributed by atoms with Crippen LogP contribution in [0.15, 0.2) is 24.3 Å². The van der Waals surface area contributed by atoms with E-state index in [1.807, 2.05) is 71.9 Å². The number of hydrogen-bond donors (Lipinski definition) is 0. The van der Waals surface area contributed by atoms with E-state index in [1.54, 1.807) is 24.0 Å². The predicted octanol–water partition coefficient (Wildman–Crippen LogP) is 4.96. The molecule has 0 saturated carbocycles. The second kappa shape index (κ2) is 10.8. The lowest BCUT2D eigenvalue weighted by atomic mass is 10.1. The molecule has 1 atom stereocenters. The number of amides is 2. The van der Waals surface area contributed by atoms with Crippen LogP contribution in [0.1, 0.15) is 53.5 Å². The standard InChI is InChI=1S/C25H38N2O6/c1-24(2,3)32-22(28)26-14-15-27(23(29)33-25(4,5)6)19(17-26)11-9-10-18-12-13-20(30-7)21(16-18)31-8/h9-10,12-13,16,19H,11,14-15,17H2,1-8H3. The number of ether oxygens (including phenoxy) is 4. The summed E-state index contributed by atoms with van der Waals surface area (Å²) in [5.41, 5.74) is -0.238. The molecule has 2 rings (SSSR count). The molecular formula is C25H38N2O6. The summed E-state index contributed by atoms with van der Waals surface area (Å²) in [6, 6.07) is 5.42. The maximum Gasteiger partial charge on any atom is 0.410 e. The fourth-order valence-corrected chi connectivity index (χ4v) is 3.43. The highest BCUT2D eigenvalue weighted by Crippen LogP contribution is 2.28. The summed E-state index contributed by atoms with van der Waals surface area (Å²) in [6.07, 6.45) is 3.74. The van der Waals surface area contributed by atoms with E-state index in [0.29, 0.717) is 37.6 Å². The highest BCUT2D eigenvalue weighted by atomic mass is 16.6. The highest BCUT2D eigenvalue weighted by molar-refractivity contribution is 5.71. The van der Waals surface area contributed by atoms with E-state index < -0.39 is 11.2 Å². The fraction of sp³-hybridized carbons (Fsp3) is 0.600. The Morgan fingerprint density at radius 3 is 2.12 bits per heavy atom. The Labute approximate surface area is 197 Å². The van der Waals surface area contributed by atoms with E-state index in [0.717, 1.165) is 5.56 Å². The Kier molecular flexibility index (Phi) is 8.63. The van der Waals surface area contributed by atoms with Crippen LogP contribution in [0.4, 0.5) is 9.59 Å². The van der Waals surface area contributed by atoms with E-state index in [9.17, 15) is 9.59 Å². The fourth-order valence-electron chi connectivity index (χ4n) is 3.43. The Balaban J connectivity index is 2.17. The molecule has 1 aliphatic rings. The van der Waals surface area contributed by atoms with Crippen molar-refractivity contribution in [3.8, 4) is 11.5 Å². The van der Waals surface area contributed by atoms with E-state index in [4.69, 9.17) is 18.9 Å². The van der Waals surface area contributed by atoms with Crippen molar-refractivity contribution in [1.82, 2.24) is 9.80 Å². The van der Waals surface area contributed by atoms with Gasteiger partial charge in [0.2, 0.25) is 0 Å². The van der Waals surface area contributed by atoms with Crippen LogP contribution in [0.2, 0.25) is 0 Å². The maximum atomic E-state index is 12.8. The summed E-state index contributed by atoms with van der Waals surface area (Å²) in [5.74, 6) is 1.30. The summed E-state index contributed by atoms with van der Waals surface area (Å²) < 4.78 is 21.8. The van der Waals surface area contributed by atoms with E-state index in [2.05, 4.69) is 0 Å². The lowest BCUT2D eigenvalue weighted by Crippen LogP contribution is -2.57. The van der Waals surface area contributed by atoms with Gasteiger partial charge in [-0.1, -0.05) is 18.2 Å². The lowest BCUT2D eigenvalue weighted by Gasteiger charge is -2.41. The maximum absolute atomic E-state index is 12.8. The Bertz CT molecular complexity index is 853. The molecule has 1 aromatic rings. The van der Waals surface area contributed by atoms with Crippen LogP contribution in [-0.2, 0) is 9.47 Å². The summed E-state index contributed by atoms with van der Waals surface area (Å²) in [6.45, 7) is 12.2. The summed E-state index contributed by atoms with van der Waals surface area (Å²) in [5, 5.41) is 0. The molecule has 2 amide bonds. The highest BCUT2D eigenvalue weighted by Gasteiger charge is 2.35. The Morgan fingerprint density at radius 2 is 1.55 bits per heavy atom. The second-order valence-electron chi connectivity index (χ2n) is 10.0. The zero-order valence-electron chi connectivity index (χ0n) is 21.1. The molecule has 0 aromatic heterocycles. The molecule has 0 N–H and O–H groups in total. The molecule has 8 heteroatoms. The zero-order valence-corrected chi connectivity index (χ0v) is 21.1. The first-order valence-electron chi connectivity index (χ1n) is 11.2. The van der Waals surface area contributed by atoms with Crippen LogP contribution in [0.5, 0.6) is 11.5 Å².